The third-order valence-electron chi connectivity index (χ3n) is 9.83. The van der Waals surface area contributed by atoms with Crippen molar-refractivity contribution >= 4 is 81.1 Å². The molecule has 2 unspecified atom stereocenters. The molecule has 0 saturated carbocycles. The van der Waals surface area contributed by atoms with Crippen LogP contribution in [-0.2, 0) is 20.4 Å². The first-order chi connectivity index (χ1) is 24.6. The summed E-state index contributed by atoms with van der Waals surface area (Å²) in [7, 11) is 0. The number of hydrogen-bond donors (Lipinski definition) is 2. The Morgan fingerprint density at radius 2 is 1.56 bits per heavy atom. The summed E-state index contributed by atoms with van der Waals surface area (Å²) in [5.74, 6) is 0.247. The molecule has 1 aromatic heterocycles. The van der Waals surface area contributed by atoms with Gasteiger partial charge in [0.25, 0.3) is 11.9 Å². The van der Waals surface area contributed by atoms with Gasteiger partial charge in [0.15, 0.2) is 18.5 Å². The van der Waals surface area contributed by atoms with E-state index in [2.05, 4.69) is 64.4 Å². The first-order valence-electron chi connectivity index (χ1n) is 17.3. The summed E-state index contributed by atoms with van der Waals surface area (Å²) >= 11 is 25.8. The molecule has 1 saturated heterocycles. The number of hydrazine groups is 1. The van der Waals surface area contributed by atoms with Gasteiger partial charge in [-0.1, -0.05) is 113 Å². The van der Waals surface area contributed by atoms with Crippen molar-refractivity contribution < 1.29 is 18.9 Å². The highest BCUT2D eigenvalue weighted by Crippen LogP contribution is 2.40. The fourth-order valence-electron chi connectivity index (χ4n) is 5.80. The summed E-state index contributed by atoms with van der Waals surface area (Å²) < 4.78 is 8.19. The Kier molecular flexibility index (Phi) is 12.2. The number of amides is 2. The minimum absolute atomic E-state index is 0.00357. The normalized spacial score (nSPS) is 16.2. The predicted octanol–water partition coefficient (Wildman–Crippen LogP) is 10.6. The van der Waals surface area contributed by atoms with Crippen molar-refractivity contribution in [2.45, 2.75) is 90.7 Å². The van der Waals surface area contributed by atoms with E-state index in [9.17, 15) is 9.59 Å². The molecule has 52 heavy (non-hydrogen) atoms. The standard InChI is InChI=1S/C40H43Cl4N5O3/c1-8-32(52-33-17-14-24(39(4,5)9-2)20-27(33)40(6,7)10-3)37(50)45-26-15-16-28(42)31(23-26)46-36-35(48-18-12-11-13-19-48)38(51)49(47-36)34-29(43)21-25(41)22-30(34)44/h11-23,32,35H,8-10H2,1-7H3,(H-,45,46,47,50)/p+1. The Morgan fingerprint density at radius 1 is 0.904 bits per heavy atom. The summed E-state index contributed by atoms with van der Waals surface area (Å²) in [6, 6.07) is 18.9. The van der Waals surface area contributed by atoms with Crippen molar-refractivity contribution in [3.05, 3.63) is 110 Å². The molecule has 1 fully saturated rings. The van der Waals surface area contributed by atoms with Crippen molar-refractivity contribution in [1.82, 2.24) is 5.43 Å². The van der Waals surface area contributed by atoms with E-state index < -0.39 is 12.1 Å². The fourth-order valence-corrected chi connectivity index (χ4v) is 6.95. The lowest BCUT2D eigenvalue weighted by Gasteiger charge is -2.31. The quantitative estimate of drug-likeness (QED) is 0.140. The Hall–Kier alpha value is -3.82. The van der Waals surface area contributed by atoms with Gasteiger partial charge < -0.3 is 10.1 Å². The Labute approximate surface area is 326 Å². The number of nitrogens with zero attached hydrogens (tertiary/aromatic N) is 3. The van der Waals surface area contributed by atoms with Gasteiger partial charge >= 0.3 is 5.91 Å². The van der Waals surface area contributed by atoms with Crippen molar-refractivity contribution in [3.8, 4) is 5.75 Å². The van der Waals surface area contributed by atoms with Crippen LogP contribution in [0.15, 0.2) is 84.1 Å². The highest BCUT2D eigenvalue weighted by atomic mass is 35.5. The van der Waals surface area contributed by atoms with Gasteiger partial charge in [-0.15, -0.1) is 0 Å². The van der Waals surface area contributed by atoms with E-state index in [-0.39, 0.29) is 44.2 Å². The highest BCUT2D eigenvalue weighted by molar-refractivity contribution is 6.43. The number of hydrogen-bond acceptors (Lipinski definition) is 4. The molecule has 2 amide bonds. The molecule has 0 radical (unpaired) electrons. The van der Waals surface area contributed by atoms with Crippen molar-refractivity contribution in [1.29, 1.82) is 0 Å². The fraction of sp³-hybridized carbons (Fsp3) is 0.350. The lowest BCUT2D eigenvalue weighted by atomic mass is 9.76. The second-order valence-corrected chi connectivity index (χ2v) is 15.7. The topological polar surface area (TPSA) is 86.9 Å². The molecule has 5 rings (SSSR count). The Balaban J connectivity index is 1.45. The van der Waals surface area contributed by atoms with Gasteiger partial charge in [-0.05, 0) is 72.1 Å². The lowest BCUT2D eigenvalue weighted by Crippen LogP contribution is -2.46. The first-order valence-corrected chi connectivity index (χ1v) is 18.8. The van der Waals surface area contributed by atoms with Crippen LogP contribution >= 0.6 is 46.4 Å². The zero-order valence-corrected chi connectivity index (χ0v) is 33.4. The van der Waals surface area contributed by atoms with E-state index in [4.69, 9.17) is 56.1 Å². The number of carbonyl (C=O) groups excluding carboxylic acids is 2. The van der Waals surface area contributed by atoms with Gasteiger partial charge in [0.1, 0.15) is 11.4 Å². The molecule has 8 nitrogen and oxygen atoms in total. The number of carbonyl (C=O) groups is 2. The average molecular weight is 785 g/mol. The zero-order chi connectivity index (χ0) is 38.0. The molecule has 2 atom stereocenters. The van der Waals surface area contributed by atoms with Gasteiger partial charge in [0.05, 0.1) is 20.8 Å². The molecule has 2 heterocycles. The van der Waals surface area contributed by atoms with E-state index >= 15 is 0 Å². The molecule has 274 valence electrons. The minimum atomic E-state index is -0.910. The van der Waals surface area contributed by atoms with Gasteiger partial charge in [0, 0.05) is 28.4 Å². The number of benzene rings is 3. The second-order valence-electron chi connectivity index (χ2n) is 14.1. The average Bonchev–Trinajstić information content (AvgIpc) is 3.42. The monoisotopic (exact) mass is 782 g/mol. The van der Waals surface area contributed by atoms with Crippen molar-refractivity contribution in [3.63, 3.8) is 0 Å². The van der Waals surface area contributed by atoms with Crippen LogP contribution in [0.25, 0.3) is 0 Å². The van der Waals surface area contributed by atoms with E-state index in [0.29, 0.717) is 33.6 Å². The van der Waals surface area contributed by atoms with Gasteiger partial charge in [0.2, 0.25) is 5.84 Å². The lowest BCUT2D eigenvalue weighted by molar-refractivity contribution is -0.693. The molecule has 1 aliphatic heterocycles. The van der Waals surface area contributed by atoms with Crippen molar-refractivity contribution in [2.75, 3.05) is 10.3 Å². The van der Waals surface area contributed by atoms with Crippen LogP contribution in [0.3, 0.4) is 0 Å². The third kappa shape index (κ3) is 8.36. The molecule has 3 aromatic carbocycles. The largest absolute Gasteiger partial charge is 0.480 e. The summed E-state index contributed by atoms with van der Waals surface area (Å²) in [4.78, 5) is 32.5. The number of nitrogens with one attached hydrogen (secondary N) is 2. The highest BCUT2D eigenvalue weighted by Gasteiger charge is 2.46. The smallest absolute Gasteiger partial charge is 0.323 e. The van der Waals surface area contributed by atoms with Crippen LogP contribution < -0.4 is 25.1 Å². The van der Waals surface area contributed by atoms with Crippen LogP contribution in [0.4, 0.5) is 17.1 Å². The summed E-state index contributed by atoms with van der Waals surface area (Å²) in [5, 5.41) is 5.23. The van der Waals surface area contributed by atoms with Crippen molar-refractivity contribution in [2.24, 2.45) is 4.99 Å². The van der Waals surface area contributed by atoms with E-state index in [0.717, 1.165) is 18.4 Å². The molecule has 2 N–H and O–H groups in total. The van der Waals surface area contributed by atoms with Gasteiger partial charge in [-0.25, -0.2) is 10.0 Å². The van der Waals surface area contributed by atoms with Crippen LogP contribution in [0.2, 0.25) is 20.1 Å². The van der Waals surface area contributed by atoms with Crippen LogP contribution in [-0.4, -0.2) is 23.8 Å². The summed E-state index contributed by atoms with van der Waals surface area (Å²) in [6.45, 7) is 15.1. The van der Waals surface area contributed by atoms with Gasteiger partial charge in [-0.3, -0.25) is 15.0 Å². The number of halogens is 4. The van der Waals surface area contributed by atoms with E-state index in [1.165, 1.54) is 22.7 Å². The second kappa shape index (κ2) is 16.0. The number of rotatable bonds is 12. The number of aliphatic imine (C=N–C) groups is 1. The van der Waals surface area contributed by atoms with E-state index in [1.807, 2.05) is 19.1 Å². The van der Waals surface area contributed by atoms with E-state index in [1.54, 1.807) is 47.3 Å². The third-order valence-corrected chi connectivity index (χ3v) is 10.9. The maximum Gasteiger partial charge on any atom is 0.323 e. The number of anilines is 2. The molecular formula is C40H44Cl4N5O3+. The minimum Gasteiger partial charge on any atom is -0.480 e. The number of ether oxygens (including phenoxy) is 1. The maximum atomic E-state index is 13.9. The first kappa shape index (κ1) is 39.4. The predicted molar refractivity (Wildman–Crippen MR) is 213 cm³/mol. The molecule has 0 aliphatic carbocycles. The zero-order valence-electron chi connectivity index (χ0n) is 30.4. The molecule has 0 spiro atoms. The van der Waals surface area contributed by atoms with Gasteiger partial charge in [-0.2, -0.15) is 4.57 Å². The molecule has 4 aromatic rings. The number of aromatic nitrogens is 1. The maximum absolute atomic E-state index is 13.9. The molecule has 1 aliphatic rings. The summed E-state index contributed by atoms with van der Waals surface area (Å²) in [5.41, 5.74) is 6.23. The molecular weight excluding hydrogens is 740 g/mol. The summed E-state index contributed by atoms with van der Waals surface area (Å²) in [6.07, 6.45) is 5.08. The van der Waals surface area contributed by atoms with Crippen LogP contribution in [0.1, 0.15) is 84.9 Å². The SMILES string of the molecule is CCC(Oc1ccc(C(C)(C)CC)cc1C(C)(C)CC)C(=O)Nc1ccc(Cl)c(N=C2NN(c3c(Cl)cc(Cl)cc3Cl)C(=O)C2[n+]2ccccc2)c1. The molecule has 12 heteroatoms. The van der Waals surface area contributed by atoms with Crippen LogP contribution in [0.5, 0.6) is 5.75 Å². The van der Waals surface area contributed by atoms with Crippen LogP contribution in [0, 0.1) is 0 Å². The number of pyridine rings is 1. The Bertz CT molecular complexity index is 1980. The number of amidine groups is 1. The Morgan fingerprint density at radius 3 is 2.17 bits per heavy atom. The molecule has 0 bridgehead atoms.